The Morgan fingerprint density at radius 3 is 2.70 bits per heavy atom. The highest BCUT2D eigenvalue weighted by Crippen LogP contribution is 2.33. The van der Waals surface area contributed by atoms with Gasteiger partial charge in [-0.25, -0.2) is 0 Å². The third kappa shape index (κ3) is 3.99. The van der Waals surface area contributed by atoms with Gasteiger partial charge < -0.3 is 5.32 Å². The van der Waals surface area contributed by atoms with Gasteiger partial charge in [-0.3, -0.25) is 0 Å². The molecular formula is C18H28ClN. The molecule has 1 fully saturated rings. The van der Waals surface area contributed by atoms with E-state index in [-0.39, 0.29) is 0 Å². The molecule has 3 unspecified atom stereocenters. The van der Waals surface area contributed by atoms with Crippen molar-refractivity contribution in [2.24, 2.45) is 17.8 Å². The van der Waals surface area contributed by atoms with E-state index in [1.807, 2.05) is 6.07 Å². The maximum atomic E-state index is 6.03. The van der Waals surface area contributed by atoms with Crippen LogP contribution in [0.5, 0.6) is 0 Å². The molecule has 1 saturated carbocycles. The summed E-state index contributed by atoms with van der Waals surface area (Å²) in [5.41, 5.74) is 2.66. The van der Waals surface area contributed by atoms with Gasteiger partial charge in [-0.05, 0) is 60.8 Å². The molecular weight excluding hydrogens is 266 g/mol. The van der Waals surface area contributed by atoms with Crippen LogP contribution in [0.3, 0.4) is 0 Å². The van der Waals surface area contributed by atoms with E-state index in [1.54, 1.807) is 0 Å². The highest BCUT2D eigenvalue weighted by atomic mass is 35.5. The van der Waals surface area contributed by atoms with E-state index in [2.05, 4.69) is 45.1 Å². The van der Waals surface area contributed by atoms with Gasteiger partial charge in [-0.2, -0.15) is 0 Å². The van der Waals surface area contributed by atoms with E-state index in [4.69, 9.17) is 11.6 Å². The molecule has 3 atom stereocenters. The number of nitrogens with one attached hydrogen (secondary N) is 1. The first kappa shape index (κ1) is 15.9. The van der Waals surface area contributed by atoms with Gasteiger partial charge >= 0.3 is 0 Å². The van der Waals surface area contributed by atoms with E-state index in [0.717, 1.165) is 29.3 Å². The van der Waals surface area contributed by atoms with Crippen LogP contribution in [0.25, 0.3) is 0 Å². The van der Waals surface area contributed by atoms with E-state index in [1.165, 1.54) is 30.4 Å². The Balaban J connectivity index is 2.00. The molecule has 0 amide bonds. The average molecular weight is 294 g/mol. The van der Waals surface area contributed by atoms with Gasteiger partial charge in [-0.1, -0.05) is 44.9 Å². The van der Waals surface area contributed by atoms with Crippen molar-refractivity contribution in [3.8, 4) is 0 Å². The fourth-order valence-electron chi connectivity index (χ4n) is 3.54. The second-order valence-electron chi connectivity index (χ2n) is 6.88. The molecule has 0 aromatic heterocycles. The molecule has 1 aromatic rings. The molecule has 1 aromatic carbocycles. The number of hydrogen-bond donors (Lipinski definition) is 1. The minimum absolute atomic E-state index is 0.661. The lowest BCUT2D eigenvalue weighted by Gasteiger charge is -2.38. The Kier molecular flexibility index (Phi) is 5.51. The first-order chi connectivity index (χ1) is 9.47. The zero-order valence-electron chi connectivity index (χ0n) is 13.2. The second-order valence-corrected chi connectivity index (χ2v) is 7.32. The predicted molar refractivity (Wildman–Crippen MR) is 88.2 cm³/mol. The smallest absolute Gasteiger partial charge is 0.0408 e. The van der Waals surface area contributed by atoms with Crippen LogP contribution in [0, 0.1) is 24.7 Å². The molecule has 0 heterocycles. The second kappa shape index (κ2) is 6.95. The van der Waals surface area contributed by atoms with Gasteiger partial charge in [0.1, 0.15) is 0 Å². The quantitative estimate of drug-likeness (QED) is 0.804. The van der Waals surface area contributed by atoms with E-state index >= 15 is 0 Å². The van der Waals surface area contributed by atoms with Gasteiger partial charge in [0.05, 0.1) is 0 Å². The van der Waals surface area contributed by atoms with Crippen LogP contribution in [0.2, 0.25) is 5.02 Å². The highest BCUT2D eigenvalue weighted by Gasteiger charge is 2.30. The van der Waals surface area contributed by atoms with Crippen LogP contribution < -0.4 is 5.32 Å². The van der Waals surface area contributed by atoms with Crippen LogP contribution in [0.15, 0.2) is 18.2 Å². The fraction of sp³-hybridized carbons (Fsp3) is 0.667. The molecule has 2 heteroatoms. The average Bonchev–Trinajstić information content (AvgIpc) is 2.37. The first-order valence-electron chi connectivity index (χ1n) is 7.95. The maximum absolute atomic E-state index is 6.03. The summed E-state index contributed by atoms with van der Waals surface area (Å²) in [4.78, 5) is 0. The summed E-state index contributed by atoms with van der Waals surface area (Å²) >= 11 is 6.03. The third-order valence-corrected chi connectivity index (χ3v) is 5.12. The molecule has 0 aliphatic heterocycles. The summed E-state index contributed by atoms with van der Waals surface area (Å²) in [6, 6.07) is 6.87. The Hall–Kier alpha value is -0.530. The van der Waals surface area contributed by atoms with Crippen molar-refractivity contribution in [1.82, 2.24) is 5.32 Å². The third-order valence-electron chi connectivity index (χ3n) is 4.88. The summed E-state index contributed by atoms with van der Waals surface area (Å²) in [6.45, 7) is 10.2. The molecule has 2 rings (SSSR count). The highest BCUT2D eigenvalue weighted by molar-refractivity contribution is 6.30. The SMILES string of the molecule is Cc1cc(Cl)ccc1CNC1CC(C)CCC1C(C)C. The molecule has 1 nitrogen and oxygen atoms in total. The topological polar surface area (TPSA) is 12.0 Å². The Labute approximate surface area is 129 Å². The summed E-state index contributed by atoms with van der Waals surface area (Å²) < 4.78 is 0. The van der Waals surface area contributed by atoms with E-state index < -0.39 is 0 Å². The standard InChI is InChI=1S/C18H28ClN/c1-12(2)17-8-5-13(3)9-18(17)20-11-15-6-7-16(19)10-14(15)4/h6-7,10,12-13,17-18,20H,5,8-9,11H2,1-4H3. The largest absolute Gasteiger partial charge is 0.310 e. The molecule has 0 bridgehead atoms. The lowest BCUT2D eigenvalue weighted by Crippen LogP contribution is -2.42. The number of aryl methyl sites for hydroxylation is 1. The van der Waals surface area contributed by atoms with Crippen LogP contribution in [0.4, 0.5) is 0 Å². The van der Waals surface area contributed by atoms with Gasteiger partial charge in [0.25, 0.3) is 0 Å². The molecule has 0 saturated heterocycles. The molecule has 1 aliphatic carbocycles. The Bertz CT molecular complexity index is 441. The number of benzene rings is 1. The van der Waals surface area contributed by atoms with Crippen molar-refractivity contribution in [2.75, 3.05) is 0 Å². The Morgan fingerprint density at radius 2 is 2.05 bits per heavy atom. The van der Waals surface area contributed by atoms with Gasteiger partial charge in [0.15, 0.2) is 0 Å². The molecule has 0 spiro atoms. The van der Waals surface area contributed by atoms with Gasteiger partial charge in [0.2, 0.25) is 0 Å². The van der Waals surface area contributed by atoms with Crippen LogP contribution in [-0.2, 0) is 6.54 Å². The number of halogens is 1. The van der Waals surface area contributed by atoms with E-state index in [0.29, 0.717) is 6.04 Å². The lowest BCUT2D eigenvalue weighted by atomic mass is 9.74. The van der Waals surface area contributed by atoms with Crippen LogP contribution in [-0.4, -0.2) is 6.04 Å². The van der Waals surface area contributed by atoms with Crippen molar-refractivity contribution >= 4 is 11.6 Å². The minimum atomic E-state index is 0.661. The monoisotopic (exact) mass is 293 g/mol. The maximum Gasteiger partial charge on any atom is 0.0408 e. The summed E-state index contributed by atoms with van der Waals surface area (Å²) in [5, 5.41) is 4.65. The number of hydrogen-bond acceptors (Lipinski definition) is 1. The summed E-state index contributed by atoms with van der Waals surface area (Å²) in [5.74, 6) is 2.44. The fourth-order valence-corrected chi connectivity index (χ4v) is 3.76. The lowest BCUT2D eigenvalue weighted by molar-refractivity contribution is 0.169. The summed E-state index contributed by atoms with van der Waals surface area (Å²) in [6.07, 6.45) is 4.08. The zero-order valence-corrected chi connectivity index (χ0v) is 14.0. The molecule has 20 heavy (non-hydrogen) atoms. The number of rotatable bonds is 4. The molecule has 1 N–H and O–H groups in total. The van der Waals surface area contributed by atoms with E-state index in [9.17, 15) is 0 Å². The molecule has 112 valence electrons. The first-order valence-corrected chi connectivity index (χ1v) is 8.33. The van der Waals surface area contributed by atoms with Crippen molar-refractivity contribution < 1.29 is 0 Å². The Morgan fingerprint density at radius 1 is 1.30 bits per heavy atom. The van der Waals surface area contributed by atoms with Crippen LogP contribution >= 0.6 is 11.6 Å². The summed E-state index contributed by atoms with van der Waals surface area (Å²) in [7, 11) is 0. The van der Waals surface area contributed by atoms with Crippen molar-refractivity contribution in [2.45, 2.75) is 59.5 Å². The minimum Gasteiger partial charge on any atom is -0.310 e. The predicted octanol–water partition coefficient (Wildman–Crippen LogP) is 5.20. The van der Waals surface area contributed by atoms with Crippen molar-refractivity contribution in [3.63, 3.8) is 0 Å². The van der Waals surface area contributed by atoms with Crippen LogP contribution in [0.1, 0.15) is 51.2 Å². The van der Waals surface area contributed by atoms with Crippen molar-refractivity contribution in [3.05, 3.63) is 34.3 Å². The molecule has 0 radical (unpaired) electrons. The molecule has 1 aliphatic rings. The van der Waals surface area contributed by atoms with Crippen molar-refractivity contribution in [1.29, 1.82) is 0 Å². The van der Waals surface area contributed by atoms with Gasteiger partial charge in [0, 0.05) is 17.6 Å². The van der Waals surface area contributed by atoms with Gasteiger partial charge in [-0.15, -0.1) is 0 Å². The zero-order chi connectivity index (χ0) is 14.7. The normalized spacial score (nSPS) is 27.0.